The van der Waals surface area contributed by atoms with E-state index in [4.69, 9.17) is 5.11 Å². The minimum absolute atomic E-state index is 0.117. The summed E-state index contributed by atoms with van der Waals surface area (Å²) < 4.78 is 0. The summed E-state index contributed by atoms with van der Waals surface area (Å²) in [5, 5.41) is 12.1. The van der Waals surface area contributed by atoms with E-state index in [2.05, 4.69) is 15.3 Å². The molecule has 1 aliphatic carbocycles. The first-order valence-corrected chi connectivity index (χ1v) is 8.46. The maximum Gasteiger partial charge on any atom is 0.306 e. The van der Waals surface area contributed by atoms with Crippen molar-refractivity contribution in [2.75, 3.05) is 5.32 Å². The average Bonchev–Trinajstić information content (AvgIpc) is 2.62. The Bertz CT molecular complexity index is 791. The molecule has 1 fully saturated rings. The number of nitrogens with one attached hydrogen (secondary N) is 1. The molecule has 1 amide bonds. The number of carbonyl (C=O) groups is 2. The number of aryl methyl sites for hydroxylation is 1. The van der Waals surface area contributed by atoms with Gasteiger partial charge in [0.2, 0.25) is 5.91 Å². The van der Waals surface area contributed by atoms with Crippen LogP contribution in [0.25, 0.3) is 11.4 Å². The number of nitrogens with zero attached hydrogens (tertiary/aromatic N) is 2. The fourth-order valence-corrected chi connectivity index (χ4v) is 3.22. The van der Waals surface area contributed by atoms with Crippen LogP contribution in [-0.4, -0.2) is 27.0 Å². The maximum absolute atomic E-state index is 12.5. The van der Waals surface area contributed by atoms with Crippen LogP contribution < -0.4 is 5.32 Å². The normalized spacial score (nSPS) is 20.0. The first kappa shape index (κ1) is 17.1. The van der Waals surface area contributed by atoms with Crippen LogP contribution in [0, 0.1) is 18.8 Å². The van der Waals surface area contributed by atoms with Gasteiger partial charge in [-0.3, -0.25) is 9.59 Å². The number of anilines is 1. The molecule has 6 nitrogen and oxygen atoms in total. The van der Waals surface area contributed by atoms with Crippen molar-refractivity contribution >= 4 is 17.6 Å². The zero-order valence-electron chi connectivity index (χ0n) is 14.1. The number of carboxylic acids is 1. The molecule has 1 saturated carbocycles. The summed E-state index contributed by atoms with van der Waals surface area (Å²) in [4.78, 5) is 32.3. The smallest absolute Gasteiger partial charge is 0.306 e. The number of rotatable bonds is 4. The largest absolute Gasteiger partial charge is 0.481 e. The fraction of sp³-hybridized carbons (Fsp3) is 0.368. The summed E-state index contributed by atoms with van der Waals surface area (Å²) in [6, 6.07) is 9.22. The number of carboxylic acid groups (broad SMARTS) is 1. The minimum Gasteiger partial charge on any atom is -0.481 e. The topological polar surface area (TPSA) is 92.2 Å². The molecule has 2 atom stereocenters. The molecular weight excluding hydrogens is 318 g/mol. The molecule has 1 aliphatic rings. The van der Waals surface area contributed by atoms with E-state index in [0.29, 0.717) is 24.4 Å². The third kappa shape index (κ3) is 4.21. The first-order chi connectivity index (χ1) is 12.0. The Morgan fingerprint density at radius 3 is 2.76 bits per heavy atom. The SMILES string of the molecule is Cc1ccnc(-c2cccc(NC(=O)C3CCCC(C(=O)O)C3)c2)n1. The van der Waals surface area contributed by atoms with Crippen molar-refractivity contribution in [3.8, 4) is 11.4 Å². The standard InChI is InChI=1S/C19H21N3O3/c1-12-8-9-20-17(21-12)13-4-3-7-16(11-13)22-18(23)14-5-2-6-15(10-14)19(24)25/h3-4,7-9,11,14-15H,2,5-6,10H2,1H3,(H,22,23)(H,24,25). The zero-order valence-corrected chi connectivity index (χ0v) is 14.1. The van der Waals surface area contributed by atoms with Gasteiger partial charge in [-0.1, -0.05) is 18.6 Å². The third-order valence-corrected chi connectivity index (χ3v) is 4.58. The van der Waals surface area contributed by atoms with Gasteiger partial charge in [-0.2, -0.15) is 0 Å². The highest BCUT2D eigenvalue weighted by Crippen LogP contribution is 2.30. The van der Waals surface area contributed by atoms with Crippen LogP contribution in [0.5, 0.6) is 0 Å². The van der Waals surface area contributed by atoms with Crippen molar-refractivity contribution in [1.82, 2.24) is 9.97 Å². The second-order valence-corrected chi connectivity index (χ2v) is 6.49. The Hall–Kier alpha value is -2.76. The molecule has 2 N–H and O–H groups in total. The maximum atomic E-state index is 12.5. The molecule has 0 radical (unpaired) electrons. The molecule has 6 heteroatoms. The molecule has 1 aromatic heterocycles. The van der Waals surface area contributed by atoms with Crippen molar-refractivity contribution in [3.63, 3.8) is 0 Å². The highest BCUT2D eigenvalue weighted by Gasteiger charge is 2.31. The van der Waals surface area contributed by atoms with Gasteiger partial charge in [0.25, 0.3) is 0 Å². The Kier molecular flexibility index (Phi) is 5.07. The van der Waals surface area contributed by atoms with E-state index in [1.165, 1.54) is 0 Å². The molecule has 130 valence electrons. The molecule has 1 aromatic carbocycles. The number of hydrogen-bond donors (Lipinski definition) is 2. The predicted octanol–water partition coefficient (Wildman–Crippen LogP) is 3.28. The van der Waals surface area contributed by atoms with Crippen LogP contribution in [0.1, 0.15) is 31.4 Å². The summed E-state index contributed by atoms with van der Waals surface area (Å²) in [6.07, 6.45) is 4.26. The van der Waals surface area contributed by atoms with E-state index >= 15 is 0 Å². The number of aromatic nitrogens is 2. The van der Waals surface area contributed by atoms with E-state index in [9.17, 15) is 9.59 Å². The Balaban J connectivity index is 1.71. The molecule has 1 heterocycles. The van der Waals surface area contributed by atoms with E-state index in [-0.39, 0.29) is 11.8 Å². The van der Waals surface area contributed by atoms with Crippen molar-refractivity contribution in [2.24, 2.45) is 11.8 Å². The molecule has 0 aliphatic heterocycles. The van der Waals surface area contributed by atoms with Gasteiger partial charge in [-0.15, -0.1) is 0 Å². The quantitative estimate of drug-likeness (QED) is 0.892. The predicted molar refractivity (Wildman–Crippen MR) is 93.9 cm³/mol. The van der Waals surface area contributed by atoms with Gasteiger partial charge in [-0.05, 0) is 44.4 Å². The zero-order chi connectivity index (χ0) is 17.8. The van der Waals surface area contributed by atoms with E-state index < -0.39 is 11.9 Å². The van der Waals surface area contributed by atoms with Gasteiger partial charge in [0, 0.05) is 29.1 Å². The van der Waals surface area contributed by atoms with Crippen LogP contribution in [0.4, 0.5) is 5.69 Å². The van der Waals surface area contributed by atoms with Crippen LogP contribution in [0.3, 0.4) is 0 Å². The fourth-order valence-electron chi connectivity index (χ4n) is 3.22. The lowest BCUT2D eigenvalue weighted by molar-refractivity contribution is -0.143. The van der Waals surface area contributed by atoms with Crippen molar-refractivity contribution in [3.05, 3.63) is 42.2 Å². The monoisotopic (exact) mass is 339 g/mol. The number of aliphatic carboxylic acids is 1. The molecule has 25 heavy (non-hydrogen) atoms. The molecule has 0 bridgehead atoms. The molecule has 2 unspecified atom stereocenters. The highest BCUT2D eigenvalue weighted by atomic mass is 16.4. The van der Waals surface area contributed by atoms with Gasteiger partial charge in [-0.25, -0.2) is 9.97 Å². The molecule has 0 saturated heterocycles. The molecule has 0 spiro atoms. The Morgan fingerprint density at radius 1 is 1.20 bits per heavy atom. The van der Waals surface area contributed by atoms with E-state index in [0.717, 1.165) is 24.1 Å². The van der Waals surface area contributed by atoms with Gasteiger partial charge in [0.15, 0.2) is 5.82 Å². The summed E-state index contributed by atoms with van der Waals surface area (Å²) in [5.74, 6) is -0.991. The van der Waals surface area contributed by atoms with Crippen molar-refractivity contribution in [1.29, 1.82) is 0 Å². The second kappa shape index (κ2) is 7.42. The number of carbonyl (C=O) groups excluding carboxylic acids is 1. The lowest BCUT2D eigenvalue weighted by Crippen LogP contribution is -2.30. The summed E-state index contributed by atoms with van der Waals surface area (Å²) in [5.41, 5.74) is 2.37. The van der Waals surface area contributed by atoms with Crippen molar-refractivity contribution in [2.45, 2.75) is 32.6 Å². The van der Waals surface area contributed by atoms with Crippen molar-refractivity contribution < 1.29 is 14.7 Å². The first-order valence-electron chi connectivity index (χ1n) is 8.46. The van der Waals surface area contributed by atoms with E-state index in [1.807, 2.05) is 37.3 Å². The third-order valence-electron chi connectivity index (χ3n) is 4.58. The van der Waals surface area contributed by atoms with Crippen LogP contribution in [0.2, 0.25) is 0 Å². The van der Waals surface area contributed by atoms with Gasteiger partial charge >= 0.3 is 5.97 Å². The van der Waals surface area contributed by atoms with Crippen LogP contribution >= 0.6 is 0 Å². The second-order valence-electron chi connectivity index (χ2n) is 6.49. The van der Waals surface area contributed by atoms with Gasteiger partial charge < -0.3 is 10.4 Å². The Labute approximate surface area is 146 Å². The average molecular weight is 339 g/mol. The van der Waals surface area contributed by atoms with Crippen LogP contribution in [0.15, 0.2) is 36.5 Å². The lowest BCUT2D eigenvalue weighted by Gasteiger charge is -2.25. The Morgan fingerprint density at radius 2 is 2.00 bits per heavy atom. The minimum atomic E-state index is -0.809. The summed E-state index contributed by atoms with van der Waals surface area (Å²) >= 11 is 0. The molecule has 3 rings (SSSR count). The van der Waals surface area contributed by atoms with Gasteiger partial charge in [0.05, 0.1) is 5.92 Å². The number of amides is 1. The molecule has 2 aromatic rings. The van der Waals surface area contributed by atoms with Crippen LogP contribution in [-0.2, 0) is 9.59 Å². The van der Waals surface area contributed by atoms with E-state index in [1.54, 1.807) is 6.20 Å². The highest BCUT2D eigenvalue weighted by molar-refractivity contribution is 5.93. The lowest BCUT2D eigenvalue weighted by atomic mass is 9.81. The summed E-state index contributed by atoms with van der Waals surface area (Å²) in [7, 11) is 0. The summed E-state index contributed by atoms with van der Waals surface area (Å²) in [6.45, 7) is 1.90. The molecular formula is C19H21N3O3. The van der Waals surface area contributed by atoms with Gasteiger partial charge in [0.1, 0.15) is 0 Å². The number of benzene rings is 1. The number of hydrogen-bond acceptors (Lipinski definition) is 4.